The fourth-order valence-corrected chi connectivity index (χ4v) is 7.51. The molecule has 0 aliphatic carbocycles. The van der Waals surface area contributed by atoms with E-state index in [4.69, 9.17) is 33.2 Å². The summed E-state index contributed by atoms with van der Waals surface area (Å²) in [4.78, 5) is 0. The average molecular weight is 761 g/mol. The molecule has 0 amide bonds. The van der Waals surface area contributed by atoms with Crippen molar-refractivity contribution in [1.82, 2.24) is 0 Å². The largest absolute Gasteiger partial charge is 0.394 e. The molecule has 5 aromatic carbocycles. The number of rotatable bonds is 18. The Labute approximate surface area is 329 Å². The summed E-state index contributed by atoms with van der Waals surface area (Å²) in [6, 6.07) is 49.7. The van der Waals surface area contributed by atoms with Crippen LogP contribution in [0.4, 0.5) is 0 Å². The maximum absolute atomic E-state index is 10.9. The molecule has 9 heteroatoms. The Balaban J connectivity index is 1.20. The van der Waals surface area contributed by atoms with Crippen LogP contribution in [0.2, 0.25) is 0 Å². The third-order valence-corrected chi connectivity index (χ3v) is 10.4. The SMILES string of the molecule is OCC1OC(C2OC(CO)C(OCc3ccccc3)C(OCc3ccccc3)C2OCc2ccccc2)CC(OCc2ccccc2)C1OCc1ccccc1. The molecule has 0 aromatic heterocycles. The van der Waals surface area contributed by atoms with Crippen LogP contribution in [0.15, 0.2) is 152 Å². The van der Waals surface area contributed by atoms with Gasteiger partial charge in [0.05, 0.1) is 58.5 Å². The summed E-state index contributed by atoms with van der Waals surface area (Å²) in [7, 11) is 0. The zero-order valence-electron chi connectivity index (χ0n) is 31.5. The lowest BCUT2D eigenvalue weighted by Crippen LogP contribution is -2.66. The molecule has 56 heavy (non-hydrogen) atoms. The molecule has 0 bridgehead atoms. The molecule has 0 radical (unpaired) electrons. The van der Waals surface area contributed by atoms with Crippen molar-refractivity contribution in [2.45, 2.75) is 94.4 Å². The fraction of sp³-hybridized carbons (Fsp3) is 0.362. The van der Waals surface area contributed by atoms with Crippen molar-refractivity contribution in [3.63, 3.8) is 0 Å². The summed E-state index contributed by atoms with van der Waals surface area (Å²) >= 11 is 0. The molecule has 7 rings (SSSR count). The second kappa shape index (κ2) is 20.8. The molecule has 9 atom stereocenters. The molecule has 2 saturated heterocycles. The third-order valence-electron chi connectivity index (χ3n) is 10.4. The van der Waals surface area contributed by atoms with E-state index >= 15 is 0 Å². The monoisotopic (exact) mass is 760 g/mol. The lowest BCUT2D eigenvalue weighted by molar-refractivity contribution is -0.308. The van der Waals surface area contributed by atoms with Crippen molar-refractivity contribution < 1.29 is 43.4 Å². The van der Waals surface area contributed by atoms with E-state index in [2.05, 4.69) is 0 Å². The average Bonchev–Trinajstić information content (AvgIpc) is 3.27. The Morgan fingerprint density at radius 2 is 0.732 bits per heavy atom. The molecular weight excluding hydrogens is 709 g/mol. The highest BCUT2D eigenvalue weighted by molar-refractivity contribution is 5.18. The van der Waals surface area contributed by atoms with Crippen LogP contribution in [-0.2, 0) is 66.2 Å². The van der Waals surface area contributed by atoms with Crippen LogP contribution in [-0.4, -0.2) is 78.4 Å². The van der Waals surface area contributed by atoms with Crippen molar-refractivity contribution in [2.24, 2.45) is 0 Å². The van der Waals surface area contributed by atoms with Crippen LogP contribution in [0.1, 0.15) is 34.2 Å². The van der Waals surface area contributed by atoms with E-state index in [0.29, 0.717) is 19.6 Å². The van der Waals surface area contributed by atoms with Gasteiger partial charge in [-0.05, 0) is 27.8 Å². The smallest absolute Gasteiger partial charge is 0.116 e. The minimum absolute atomic E-state index is 0.276. The quantitative estimate of drug-likeness (QED) is 0.0996. The minimum atomic E-state index is -0.770. The number of aliphatic hydroxyl groups excluding tert-OH is 2. The van der Waals surface area contributed by atoms with Crippen molar-refractivity contribution in [2.75, 3.05) is 13.2 Å². The molecule has 5 aromatic rings. The van der Waals surface area contributed by atoms with E-state index < -0.39 is 54.9 Å². The molecule has 9 nitrogen and oxygen atoms in total. The van der Waals surface area contributed by atoms with Crippen molar-refractivity contribution >= 4 is 0 Å². The number of hydrogen-bond donors (Lipinski definition) is 2. The summed E-state index contributed by atoms with van der Waals surface area (Å²) in [5.74, 6) is 0. The molecule has 294 valence electrons. The molecule has 2 fully saturated rings. The van der Waals surface area contributed by atoms with Gasteiger partial charge in [-0.1, -0.05) is 152 Å². The van der Waals surface area contributed by atoms with Gasteiger partial charge < -0.3 is 43.4 Å². The van der Waals surface area contributed by atoms with Gasteiger partial charge in [0.25, 0.3) is 0 Å². The van der Waals surface area contributed by atoms with E-state index in [1.807, 2.05) is 152 Å². The summed E-state index contributed by atoms with van der Waals surface area (Å²) in [5, 5.41) is 21.8. The lowest BCUT2D eigenvalue weighted by atomic mass is 9.86. The standard InChI is InChI=1S/C47H52O9/c48-27-41-43(51-30-35-18-8-2-9-19-35)39(50-29-34-16-6-1-7-17-34)26-40(55-41)45-47(54-33-38-24-14-5-15-25-38)46(53-32-37-22-12-4-13-23-37)44(42(28-49)56-45)52-31-36-20-10-3-11-21-36/h1-25,39-49H,26-33H2. The van der Waals surface area contributed by atoms with Gasteiger partial charge in [-0.2, -0.15) is 0 Å². The maximum Gasteiger partial charge on any atom is 0.116 e. The molecule has 2 heterocycles. The first-order chi connectivity index (χ1) is 27.7. The molecule has 2 N–H and O–H groups in total. The highest BCUT2D eigenvalue weighted by atomic mass is 16.6. The zero-order chi connectivity index (χ0) is 38.4. The van der Waals surface area contributed by atoms with Crippen LogP contribution in [0.3, 0.4) is 0 Å². The number of benzene rings is 5. The van der Waals surface area contributed by atoms with Crippen LogP contribution >= 0.6 is 0 Å². The third kappa shape index (κ3) is 10.8. The molecule has 0 saturated carbocycles. The first kappa shape index (κ1) is 40.0. The summed E-state index contributed by atoms with van der Waals surface area (Å²) in [6.45, 7) is 0.900. The molecular formula is C47H52O9. The predicted molar refractivity (Wildman–Crippen MR) is 211 cm³/mol. The van der Waals surface area contributed by atoms with Crippen molar-refractivity contribution in [1.29, 1.82) is 0 Å². The minimum Gasteiger partial charge on any atom is -0.394 e. The van der Waals surface area contributed by atoms with Gasteiger partial charge in [0.1, 0.15) is 42.7 Å². The summed E-state index contributed by atoms with van der Waals surface area (Å²) < 4.78 is 47.1. The van der Waals surface area contributed by atoms with Crippen LogP contribution in [0, 0.1) is 0 Å². The van der Waals surface area contributed by atoms with Gasteiger partial charge in [-0.15, -0.1) is 0 Å². The van der Waals surface area contributed by atoms with E-state index in [9.17, 15) is 10.2 Å². The van der Waals surface area contributed by atoms with E-state index in [-0.39, 0.29) is 33.0 Å². The van der Waals surface area contributed by atoms with Crippen LogP contribution < -0.4 is 0 Å². The fourth-order valence-electron chi connectivity index (χ4n) is 7.51. The first-order valence-corrected chi connectivity index (χ1v) is 19.5. The Bertz CT molecular complexity index is 1820. The zero-order valence-corrected chi connectivity index (χ0v) is 31.5. The lowest BCUT2D eigenvalue weighted by Gasteiger charge is -2.50. The van der Waals surface area contributed by atoms with Gasteiger partial charge in [0, 0.05) is 6.42 Å². The van der Waals surface area contributed by atoms with Gasteiger partial charge >= 0.3 is 0 Å². The normalized spacial score (nSPS) is 26.5. The van der Waals surface area contributed by atoms with Gasteiger partial charge in [0.2, 0.25) is 0 Å². The second-order valence-electron chi connectivity index (χ2n) is 14.3. The van der Waals surface area contributed by atoms with Crippen molar-refractivity contribution in [3.05, 3.63) is 179 Å². The maximum atomic E-state index is 10.9. The molecule has 0 spiro atoms. The van der Waals surface area contributed by atoms with Crippen LogP contribution in [0.25, 0.3) is 0 Å². The number of hydrogen-bond acceptors (Lipinski definition) is 9. The predicted octanol–water partition coefficient (Wildman–Crippen LogP) is 6.82. The number of ether oxygens (including phenoxy) is 7. The van der Waals surface area contributed by atoms with Crippen molar-refractivity contribution in [3.8, 4) is 0 Å². The molecule has 2 aliphatic heterocycles. The van der Waals surface area contributed by atoms with Gasteiger partial charge in [0.15, 0.2) is 0 Å². The highest BCUT2D eigenvalue weighted by Crippen LogP contribution is 2.37. The topological polar surface area (TPSA) is 105 Å². The van der Waals surface area contributed by atoms with E-state index in [1.165, 1.54) is 0 Å². The second-order valence-corrected chi connectivity index (χ2v) is 14.3. The first-order valence-electron chi connectivity index (χ1n) is 19.5. The highest BCUT2D eigenvalue weighted by Gasteiger charge is 2.54. The molecule has 9 unspecified atom stereocenters. The Morgan fingerprint density at radius 1 is 0.393 bits per heavy atom. The van der Waals surface area contributed by atoms with Crippen LogP contribution in [0.5, 0.6) is 0 Å². The Morgan fingerprint density at radius 3 is 1.14 bits per heavy atom. The number of aliphatic hydroxyl groups is 2. The summed E-state index contributed by atoms with van der Waals surface area (Å²) in [5.41, 5.74) is 4.97. The molecule has 2 aliphatic rings. The van der Waals surface area contributed by atoms with E-state index in [1.54, 1.807) is 0 Å². The Hall–Kier alpha value is -4.26. The summed E-state index contributed by atoms with van der Waals surface area (Å²) in [6.07, 6.45) is -5.62. The van der Waals surface area contributed by atoms with Gasteiger partial charge in [-0.25, -0.2) is 0 Å². The Kier molecular flexibility index (Phi) is 14.8. The van der Waals surface area contributed by atoms with E-state index in [0.717, 1.165) is 27.8 Å². The van der Waals surface area contributed by atoms with Gasteiger partial charge in [-0.3, -0.25) is 0 Å².